The van der Waals surface area contributed by atoms with Crippen LogP contribution in [0.5, 0.6) is 0 Å². The van der Waals surface area contributed by atoms with Crippen LogP contribution in [0.2, 0.25) is 0 Å². The standard InChI is InChI=1S/C23H29N2O3/c1-4-28-22(26)18-10-11-21-20(16-18)23(2,3)24(19-8-6-5-7-9-19)17-25(21)12-14-27-15-13-25/h5-11,16H,4,12-15,17H2,1-3H3/q+1. The number of carbonyl (C=O) groups is 1. The highest BCUT2D eigenvalue weighted by molar-refractivity contribution is 5.90. The molecule has 4 rings (SSSR count). The first-order chi connectivity index (χ1) is 13.5. The molecule has 2 aromatic rings. The highest BCUT2D eigenvalue weighted by Crippen LogP contribution is 2.46. The third kappa shape index (κ3) is 3.09. The summed E-state index contributed by atoms with van der Waals surface area (Å²) in [5.74, 6) is -0.258. The summed E-state index contributed by atoms with van der Waals surface area (Å²) >= 11 is 0. The second-order valence-corrected chi connectivity index (χ2v) is 8.12. The highest BCUT2D eigenvalue weighted by atomic mass is 16.5. The topological polar surface area (TPSA) is 38.8 Å². The molecule has 1 fully saturated rings. The molecule has 0 saturated carbocycles. The van der Waals surface area contributed by atoms with Crippen molar-refractivity contribution in [3.05, 3.63) is 59.7 Å². The molecule has 148 valence electrons. The van der Waals surface area contributed by atoms with E-state index in [1.165, 1.54) is 16.9 Å². The Kier molecular flexibility index (Phi) is 4.89. The minimum absolute atomic E-state index is 0.249. The quantitative estimate of drug-likeness (QED) is 0.597. The zero-order valence-electron chi connectivity index (χ0n) is 17.0. The third-order valence-electron chi connectivity index (χ3n) is 6.16. The molecule has 0 bridgehead atoms. The number of para-hydroxylation sites is 1. The Hall–Kier alpha value is -2.37. The van der Waals surface area contributed by atoms with Gasteiger partial charge in [0.15, 0.2) is 6.67 Å². The van der Waals surface area contributed by atoms with Crippen LogP contribution in [0.1, 0.15) is 36.7 Å². The largest absolute Gasteiger partial charge is 0.462 e. The highest BCUT2D eigenvalue weighted by Gasteiger charge is 2.48. The van der Waals surface area contributed by atoms with E-state index in [1.54, 1.807) is 0 Å². The number of anilines is 1. The van der Waals surface area contributed by atoms with E-state index in [2.05, 4.69) is 49.1 Å². The summed E-state index contributed by atoms with van der Waals surface area (Å²) in [6, 6.07) is 16.6. The smallest absolute Gasteiger partial charge is 0.338 e. The molecule has 0 aromatic heterocycles. The van der Waals surface area contributed by atoms with Crippen molar-refractivity contribution in [3.8, 4) is 0 Å². The first-order valence-electron chi connectivity index (χ1n) is 10.1. The molecule has 5 heteroatoms. The maximum absolute atomic E-state index is 12.4. The van der Waals surface area contributed by atoms with Gasteiger partial charge in [0.2, 0.25) is 0 Å². The van der Waals surface area contributed by atoms with Crippen LogP contribution in [0.4, 0.5) is 11.4 Å². The van der Waals surface area contributed by atoms with E-state index >= 15 is 0 Å². The number of esters is 1. The molecule has 0 amide bonds. The van der Waals surface area contributed by atoms with Gasteiger partial charge in [0.1, 0.15) is 18.8 Å². The second-order valence-electron chi connectivity index (χ2n) is 8.12. The monoisotopic (exact) mass is 381 g/mol. The number of quaternary nitrogens is 1. The number of fused-ring (bicyclic) bond motifs is 2. The Labute approximate surface area is 167 Å². The number of ether oxygens (including phenoxy) is 2. The predicted octanol–water partition coefficient (Wildman–Crippen LogP) is 3.91. The molecule has 2 aliphatic rings. The van der Waals surface area contributed by atoms with E-state index in [4.69, 9.17) is 9.47 Å². The molecule has 2 aliphatic heterocycles. The number of carbonyl (C=O) groups excluding carboxylic acids is 1. The maximum Gasteiger partial charge on any atom is 0.338 e. The van der Waals surface area contributed by atoms with Crippen LogP contribution in [-0.4, -0.2) is 45.5 Å². The van der Waals surface area contributed by atoms with Crippen molar-refractivity contribution in [1.82, 2.24) is 4.48 Å². The number of rotatable bonds is 3. The molecule has 0 aliphatic carbocycles. The molecule has 5 nitrogen and oxygen atoms in total. The van der Waals surface area contributed by atoms with E-state index in [9.17, 15) is 4.79 Å². The SMILES string of the molecule is CCOC(=O)c1ccc2c(c1)C(C)(C)N(c1ccccc1)C[N+]21CCOCC1. The fourth-order valence-electron chi connectivity index (χ4n) is 4.54. The van der Waals surface area contributed by atoms with E-state index in [0.717, 1.165) is 37.5 Å². The Morgan fingerprint density at radius 3 is 2.54 bits per heavy atom. The van der Waals surface area contributed by atoms with Crippen molar-refractivity contribution in [2.45, 2.75) is 26.3 Å². The Morgan fingerprint density at radius 2 is 1.86 bits per heavy atom. The predicted molar refractivity (Wildman–Crippen MR) is 112 cm³/mol. The average molecular weight is 381 g/mol. The third-order valence-corrected chi connectivity index (χ3v) is 6.16. The molecule has 1 saturated heterocycles. The summed E-state index contributed by atoms with van der Waals surface area (Å²) < 4.78 is 11.8. The zero-order chi connectivity index (χ0) is 19.8. The Morgan fingerprint density at radius 1 is 1.14 bits per heavy atom. The van der Waals surface area contributed by atoms with Gasteiger partial charge in [0, 0.05) is 17.3 Å². The molecule has 2 aromatic carbocycles. The molecule has 0 unspecified atom stereocenters. The van der Waals surface area contributed by atoms with Gasteiger partial charge >= 0.3 is 5.97 Å². The van der Waals surface area contributed by atoms with Crippen LogP contribution in [0.3, 0.4) is 0 Å². The van der Waals surface area contributed by atoms with Crippen molar-refractivity contribution in [2.24, 2.45) is 0 Å². The molecule has 0 atom stereocenters. The number of nitrogens with zero attached hydrogens (tertiary/aromatic N) is 2. The van der Waals surface area contributed by atoms with Crippen LogP contribution in [0, 0.1) is 0 Å². The van der Waals surface area contributed by atoms with Gasteiger partial charge in [-0.1, -0.05) is 18.2 Å². The lowest BCUT2D eigenvalue weighted by atomic mass is 9.85. The summed E-state index contributed by atoms with van der Waals surface area (Å²) in [6.07, 6.45) is 0. The molecular weight excluding hydrogens is 352 g/mol. The normalized spacial score (nSPS) is 19.9. The van der Waals surface area contributed by atoms with Gasteiger partial charge in [-0.3, -0.25) is 4.48 Å². The van der Waals surface area contributed by atoms with Crippen molar-refractivity contribution >= 4 is 17.3 Å². The van der Waals surface area contributed by atoms with Gasteiger partial charge in [0.25, 0.3) is 0 Å². The van der Waals surface area contributed by atoms with E-state index < -0.39 is 0 Å². The summed E-state index contributed by atoms with van der Waals surface area (Å²) in [5.41, 5.74) is 4.06. The number of hydrogen-bond donors (Lipinski definition) is 0. The van der Waals surface area contributed by atoms with E-state index in [1.807, 2.05) is 25.1 Å². The van der Waals surface area contributed by atoms with Crippen molar-refractivity contribution < 1.29 is 14.3 Å². The first kappa shape index (κ1) is 19.0. The molecular formula is C23H29N2O3+. The van der Waals surface area contributed by atoms with Gasteiger partial charge in [-0.25, -0.2) is 4.79 Å². The molecule has 28 heavy (non-hydrogen) atoms. The lowest BCUT2D eigenvalue weighted by molar-refractivity contribution is 0.0335. The van der Waals surface area contributed by atoms with E-state index in [0.29, 0.717) is 12.2 Å². The fourth-order valence-corrected chi connectivity index (χ4v) is 4.54. The van der Waals surface area contributed by atoms with Gasteiger partial charge in [-0.2, -0.15) is 0 Å². The van der Waals surface area contributed by atoms with E-state index in [-0.39, 0.29) is 11.5 Å². The Bertz CT molecular complexity index is 857. The number of benzene rings is 2. The average Bonchev–Trinajstić information content (AvgIpc) is 2.72. The van der Waals surface area contributed by atoms with Crippen molar-refractivity contribution in [2.75, 3.05) is 44.5 Å². The molecule has 2 heterocycles. The van der Waals surface area contributed by atoms with Crippen LogP contribution >= 0.6 is 0 Å². The van der Waals surface area contributed by atoms with Crippen LogP contribution in [0.25, 0.3) is 0 Å². The van der Waals surface area contributed by atoms with Crippen LogP contribution in [-0.2, 0) is 15.0 Å². The van der Waals surface area contributed by atoms with Gasteiger partial charge in [-0.05, 0) is 45.0 Å². The van der Waals surface area contributed by atoms with Crippen LogP contribution in [0.15, 0.2) is 48.5 Å². The number of hydrogen-bond acceptors (Lipinski definition) is 4. The van der Waals surface area contributed by atoms with Crippen molar-refractivity contribution in [3.63, 3.8) is 0 Å². The number of morpholine rings is 1. The lowest BCUT2D eigenvalue weighted by Crippen LogP contribution is -2.67. The van der Waals surface area contributed by atoms with Gasteiger partial charge < -0.3 is 14.4 Å². The second kappa shape index (κ2) is 7.22. The first-order valence-corrected chi connectivity index (χ1v) is 10.1. The lowest BCUT2D eigenvalue weighted by Gasteiger charge is -2.54. The minimum atomic E-state index is -0.258. The van der Waals surface area contributed by atoms with Gasteiger partial charge in [0.05, 0.1) is 30.9 Å². The zero-order valence-corrected chi connectivity index (χ0v) is 17.0. The van der Waals surface area contributed by atoms with Gasteiger partial charge in [-0.15, -0.1) is 0 Å². The molecule has 0 N–H and O–H groups in total. The maximum atomic E-state index is 12.4. The summed E-state index contributed by atoms with van der Waals surface area (Å²) in [7, 11) is 0. The summed E-state index contributed by atoms with van der Waals surface area (Å²) in [5, 5.41) is 0. The molecule has 1 spiro atoms. The van der Waals surface area contributed by atoms with Crippen LogP contribution < -0.4 is 9.38 Å². The van der Waals surface area contributed by atoms with Crippen molar-refractivity contribution in [1.29, 1.82) is 0 Å². The summed E-state index contributed by atoms with van der Waals surface area (Å²) in [4.78, 5) is 14.9. The fraction of sp³-hybridized carbons (Fsp3) is 0.435. The Balaban J connectivity index is 1.87. The minimum Gasteiger partial charge on any atom is -0.462 e. The molecule has 0 radical (unpaired) electrons. The summed E-state index contributed by atoms with van der Waals surface area (Å²) in [6.45, 7) is 11.0.